The first kappa shape index (κ1) is 30.1. The maximum atomic E-state index is 15.1. The fraction of sp³-hybridized carbons (Fsp3) is 0.400. The molecule has 2 N–H and O–H groups in total. The Kier molecular flexibility index (Phi) is 8.77. The van der Waals surface area contributed by atoms with E-state index in [1.165, 1.54) is 10.8 Å². The normalized spacial score (nSPS) is 17.6. The first-order valence-corrected chi connectivity index (χ1v) is 13.4. The van der Waals surface area contributed by atoms with Gasteiger partial charge in [0.1, 0.15) is 17.3 Å². The lowest BCUT2D eigenvalue weighted by Gasteiger charge is -2.18. The number of fused-ring (bicyclic) bond motifs is 1. The van der Waals surface area contributed by atoms with Crippen LogP contribution in [-0.4, -0.2) is 37.9 Å². The van der Waals surface area contributed by atoms with Gasteiger partial charge in [-0.2, -0.15) is 13.2 Å². The Labute approximate surface area is 236 Å². The smallest absolute Gasteiger partial charge is 0.366 e. The van der Waals surface area contributed by atoms with Gasteiger partial charge < -0.3 is 15.0 Å². The maximum Gasteiger partial charge on any atom is 0.434 e. The maximum absolute atomic E-state index is 15.1. The summed E-state index contributed by atoms with van der Waals surface area (Å²) >= 11 is 0. The summed E-state index contributed by atoms with van der Waals surface area (Å²) in [6, 6.07) is 7.41. The molecule has 218 valence electrons. The molecule has 0 radical (unpaired) electrons. The summed E-state index contributed by atoms with van der Waals surface area (Å²) in [6.07, 6.45) is 1.72. The Morgan fingerprint density at radius 3 is 2.59 bits per heavy atom. The van der Waals surface area contributed by atoms with Crippen molar-refractivity contribution >= 4 is 12.5 Å². The lowest BCUT2D eigenvalue weighted by atomic mass is 9.96. The minimum absolute atomic E-state index is 0.0486. The molecule has 1 unspecified atom stereocenters. The number of allylic oxidation sites excluding steroid dienone is 1. The van der Waals surface area contributed by atoms with Gasteiger partial charge in [-0.05, 0) is 44.0 Å². The third-order valence-electron chi connectivity index (χ3n) is 6.91. The van der Waals surface area contributed by atoms with Crippen LogP contribution in [0, 0.1) is 0 Å². The number of nitrogens with one attached hydrogen (secondary N) is 1. The molecule has 0 fully saturated rings. The van der Waals surface area contributed by atoms with Crippen LogP contribution < -0.4 is 5.32 Å². The van der Waals surface area contributed by atoms with E-state index in [-0.39, 0.29) is 49.3 Å². The highest BCUT2D eigenvalue weighted by molar-refractivity contribution is 5.65. The van der Waals surface area contributed by atoms with Gasteiger partial charge >= 0.3 is 6.18 Å². The third-order valence-corrected chi connectivity index (χ3v) is 6.91. The van der Waals surface area contributed by atoms with Gasteiger partial charge in [0.05, 0.1) is 0 Å². The summed E-state index contributed by atoms with van der Waals surface area (Å²) in [5.74, 6) is -1.42. The quantitative estimate of drug-likeness (QED) is 0.157. The van der Waals surface area contributed by atoms with Crippen molar-refractivity contribution in [1.82, 2.24) is 19.5 Å². The molecule has 0 amide bonds. The molecule has 41 heavy (non-hydrogen) atoms. The molecule has 0 aliphatic heterocycles. The molecular weight excluding hydrogens is 536 g/mol. The van der Waals surface area contributed by atoms with Crippen molar-refractivity contribution in [1.29, 1.82) is 0 Å². The van der Waals surface area contributed by atoms with Crippen LogP contribution >= 0.6 is 0 Å². The van der Waals surface area contributed by atoms with E-state index in [2.05, 4.69) is 27.0 Å². The second-order valence-corrected chi connectivity index (χ2v) is 10.6. The number of imidazole rings is 1. The highest BCUT2D eigenvalue weighted by atomic mass is 19.4. The number of aliphatic imine (C=N–C) groups is 1. The van der Waals surface area contributed by atoms with Crippen molar-refractivity contribution in [2.75, 3.05) is 11.9 Å². The summed E-state index contributed by atoms with van der Waals surface area (Å²) in [6.45, 7) is 11.4. The Hall–Kier alpha value is -3.86. The summed E-state index contributed by atoms with van der Waals surface area (Å²) in [7, 11) is 0. The van der Waals surface area contributed by atoms with Gasteiger partial charge in [0.2, 0.25) is 0 Å². The van der Waals surface area contributed by atoms with Crippen LogP contribution in [0.4, 0.5) is 23.4 Å². The van der Waals surface area contributed by atoms with Crippen LogP contribution in [0.25, 0.3) is 11.4 Å². The predicted octanol–water partition coefficient (Wildman–Crippen LogP) is 6.92. The SMILES string of the molecule is C=N/C=C(\C=C/Cc1nc(C(F)(F)F)cn1C(C)C)CNc1nc(-c2ccccc2C(C)C)nc2c1CCC2(O)F. The molecule has 7 nitrogen and oxygen atoms in total. The molecule has 0 bridgehead atoms. The summed E-state index contributed by atoms with van der Waals surface area (Å²) in [5.41, 5.74) is 1.91. The lowest BCUT2D eigenvalue weighted by molar-refractivity contribution is -0.141. The van der Waals surface area contributed by atoms with Crippen molar-refractivity contribution < 1.29 is 22.7 Å². The van der Waals surface area contributed by atoms with Crippen molar-refractivity contribution in [2.45, 2.75) is 70.9 Å². The second-order valence-electron chi connectivity index (χ2n) is 10.6. The van der Waals surface area contributed by atoms with Crippen LogP contribution in [0.2, 0.25) is 0 Å². The fourth-order valence-electron chi connectivity index (χ4n) is 4.85. The molecule has 1 aromatic carbocycles. The summed E-state index contributed by atoms with van der Waals surface area (Å²) in [5, 5.41) is 13.6. The number of halogens is 4. The highest BCUT2D eigenvalue weighted by Crippen LogP contribution is 2.41. The third kappa shape index (κ3) is 6.73. The fourth-order valence-corrected chi connectivity index (χ4v) is 4.85. The van der Waals surface area contributed by atoms with Gasteiger partial charge in [0.15, 0.2) is 11.5 Å². The van der Waals surface area contributed by atoms with Crippen LogP contribution in [0.1, 0.15) is 74.4 Å². The minimum Gasteiger partial charge on any atom is -0.366 e. The van der Waals surface area contributed by atoms with Crippen LogP contribution in [0.15, 0.2) is 59.4 Å². The zero-order chi connectivity index (χ0) is 29.9. The molecule has 1 aliphatic rings. The number of alkyl halides is 4. The number of anilines is 1. The topological polar surface area (TPSA) is 88.2 Å². The van der Waals surface area contributed by atoms with Crippen LogP contribution in [0.5, 0.6) is 0 Å². The van der Waals surface area contributed by atoms with Gasteiger partial charge in [-0.15, -0.1) is 0 Å². The molecular formula is C30H34F4N6O. The predicted molar refractivity (Wildman–Crippen MR) is 151 cm³/mol. The highest BCUT2D eigenvalue weighted by Gasteiger charge is 2.41. The van der Waals surface area contributed by atoms with Crippen molar-refractivity contribution in [3.05, 3.63) is 82.7 Å². The van der Waals surface area contributed by atoms with E-state index in [0.717, 1.165) is 17.3 Å². The molecule has 2 aromatic heterocycles. The van der Waals surface area contributed by atoms with E-state index in [0.29, 0.717) is 22.8 Å². The van der Waals surface area contributed by atoms with Crippen LogP contribution in [-0.2, 0) is 24.9 Å². The summed E-state index contributed by atoms with van der Waals surface area (Å²) in [4.78, 5) is 16.8. The monoisotopic (exact) mass is 570 g/mol. The number of rotatable bonds is 10. The molecule has 4 rings (SSSR count). The first-order valence-electron chi connectivity index (χ1n) is 13.4. The molecule has 0 spiro atoms. The van der Waals surface area contributed by atoms with E-state index < -0.39 is 17.7 Å². The van der Waals surface area contributed by atoms with E-state index in [1.807, 2.05) is 38.1 Å². The van der Waals surface area contributed by atoms with Gasteiger partial charge in [-0.25, -0.2) is 19.3 Å². The number of hydrogen-bond acceptors (Lipinski definition) is 6. The molecule has 0 saturated heterocycles. The molecule has 3 aromatic rings. The van der Waals surface area contributed by atoms with Gasteiger partial charge in [0, 0.05) is 49.0 Å². The van der Waals surface area contributed by atoms with Crippen LogP contribution in [0.3, 0.4) is 0 Å². The zero-order valence-electron chi connectivity index (χ0n) is 23.5. The molecule has 2 heterocycles. The molecule has 1 atom stereocenters. The molecule has 11 heteroatoms. The Morgan fingerprint density at radius 1 is 1.20 bits per heavy atom. The van der Waals surface area contributed by atoms with E-state index in [9.17, 15) is 18.3 Å². The Morgan fingerprint density at radius 2 is 1.93 bits per heavy atom. The lowest BCUT2D eigenvalue weighted by Crippen LogP contribution is -2.18. The second kappa shape index (κ2) is 11.9. The molecule has 0 saturated carbocycles. The van der Waals surface area contributed by atoms with E-state index >= 15 is 4.39 Å². The van der Waals surface area contributed by atoms with Crippen molar-refractivity contribution in [3.8, 4) is 11.4 Å². The molecule has 1 aliphatic carbocycles. The number of nitrogens with zero attached hydrogens (tertiary/aromatic N) is 5. The number of aliphatic hydroxyl groups is 1. The largest absolute Gasteiger partial charge is 0.434 e. The average molecular weight is 571 g/mol. The average Bonchev–Trinajstić information content (AvgIpc) is 3.48. The Bertz CT molecular complexity index is 1470. The summed E-state index contributed by atoms with van der Waals surface area (Å²) < 4.78 is 56.2. The Balaban J connectivity index is 1.60. The number of hydrogen-bond donors (Lipinski definition) is 2. The van der Waals surface area contributed by atoms with Gasteiger partial charge in [-0.1, -0.05) is 50.3 Å². The minimum atomic E-state index is -4.53. The van der Waals surface area contributed by atoms with Crippen molar-refractivity contribution in [2.24, 2.45) is 4.99 Å². The zero-order valence-corrected chi connectivity index (χ0v) is 23.5. The van der Waals surface area contributed by atoms with E-state index in [4.69, 9.17) is 4.98 Å². The standard InChI is InChI=1S/C30H34F4N6O/c1-18(2)21-10-6-7-11-22(21)28-38-26-23(13-14-29(26,31)41)27(39-28)36-16-20(15-35-5)9-8-12-25-37-24(30(32,33)34)17-40(25)19(3)4/h6-11,15,17-19,41H,5,12-14,16H2,1-4H3,(H,36,38,39)/b9-8-,20-15+. The number of aromatic nitrogens is 4. The van der Waals surface area contributed by atoms with Gasteiger partial charge in [-0.3, -0.25) is 4.99 Å². The van der Waals surface area contributed by atoms with E-state index in [1.54, 1.807) is 26.0 Å². The first-order chi connectivity index (χ1) is 19.3. The number of benzene rings is 1. The van der Waals surface area contributed by atoms with Crippen molar-refractivity contribution in [3.63, 3.8) is 0 Å². The van der Waals surface area contributed by atoms with Gasteiger partial charge in [0.25, 0.3) is 5.85 Å².